The van der Waals surface area contributed by atoms with E-state index in [0.717, 1.165) is 6.92 Å². The number of halogens is 9. The molecule has 0 N–H and O–H groups in total. The molecule has 1 atom stereocenters. The van der Waals surface area contributed by atoms with Crippen LogP contribution in [0.25, 0.3) is 0 Å². The number of alkyl halides is 9. The van der Waals surface area contributed by atoms with Crippen molar-refractivity contribution in [2.75, 3.05) is 0 Å². The molecule has 28 heavy (non-hydrogen) atoms. The number of hydrogen-bond acceptors (Lipinski definition) is 6. The molecule has 0 amide bonds. The smallest absolute Gasteiger partial charge is 0.459 e. The van der Waals surface area contributed by atoms with Crippen molar-refractivity contribution in [3.63, 3.8) is 0 Å². The quantitative estimate of drug-likeness (QED) is 0.320. The normalized spacial score (nSPS) is 15.4. The second kappa shape index (κ2) is 8.08. The summed E-state index contributed by atoms with van der Waals surface area (Å²) >= 11 is 0. The number of carbonyl (C=O) groups is 1. The van der Waals surface area contributed by atoms with Gasteiger partial charge >= 0.3 is 23.2 Å². The lowest BCUT2D eigenvalue weighted by atomic mass is 10.2. The van der Waals surface area contributed by atoms with Crippen LogP contribution in [0.3, 0.4) is 0 Å². The molecule has 0 aliphatic rings. The second-order valence-corrected chi connectivity index (χ2v) is 9.60. The van der Waals surface area contributed by atoms with Crippen LogP contribution in [0.4, 0.5) is 39.5 Å². The summed E-state index contributed by atoms with van der Waals surface area (Å²) in [5.74, 6) is -2.33. The third-order valence-electron chi connectivity index (χ3n) is 3.11. The van der Waals surface area contributed by atoms with Crippen molar-refractivity contribution in [2.24, 2.45) is 0 Å². The predicted octanol–water partition coefficient (Wildman–Crippen LogP) is 3.01. The summed E-state index contributed by atoms with van der Waals surface area (Å²) in [6.45, 7) is 3.15. The van der Waals surface area contributed by atoms with E-state index in [-0.39, 0.29) is 0 Å². The minimum Gasteiger partial charge on any atom is -0.459 e. The minimum absolute atomic E-state index is 0.811. The van der Waals surface area contributed by atoms with Crippen molar-refractivity contribution in [3.05, 3.63) is 12.2 Å². The summed E-state index contributed by atoms with van der Waals surface area (Å²) in [5.41, 5.74) is -15.1. The summed E-state index contributed by atoms with van der Waals surface area (Å²) in [7, 11) is -14.0. The van der Waals surface area contributed by atoms with Crippen molar-refractivity contribution in [3.8, 4) is 0 Å². The fourth-order valence-corrected chi connectivity index (χ4v) is 5.09. The highest BCUT2D eigenvalue weighted by Gasteiger charge is 2.63. The molecule has 0 bridgehead atoms. The molecule has 0 saturated carbocycles. The lowest BCUT2D eigenvalue weighted by Crippen LogP contribution is -2.46. The molecule has 166 valence electrons. The van der Waals surface area contributed by atoms with Gasteiger partial charge in [-0.25, -0.2) is 21.6 Å². The van der Waals surface area contributed by atoms with Gasteiger partial charge in [0.2, 0.25) is 0 Å². The van der Waals surface area contributed by atoms with Crippen LogP contribution in [0.15, 0.2) is 12.2 Å². The van der Waals surface area contributed by atoms with E-state index in [2.05, 4.69) is 11.3 Å². The molecular weight excluding hydrogens is 463 g/mol. The lowest BCUT2D eigenvalue weighted by Gasteiger charge is -2.25. The van der Waals surface area contributed by atoms with Gasteiger partial charge in [-0.05, 0) is 6.42 Å². The zero-order valence-electron chi connectivity index (χ0n) is 13.4. The topological polar surface area (TPSA) is 94.6 Å². The van der Waals surface area contributed by atoms with Gasteiger partial charge in [0.15, 0.2) is 4.58 Å². The summed E-state index contributed by atoms with van der Waals surface area (Å²) in [4.78, 5) is 11.2. The van der Waals surface area contributed by atoms with E-state index in [9.17, 15) is 61.1 Å². The van der Waals surface area contributed by atoms with E-state index in [4.69, 9.17) is 0 Å². The second-order valence-electron chi connectivity index (χ2n) is 5.06. The van der Waals surface area contributed by atoms with Gasteiger partial charge in [0, 0.05) is 6.42 Å². The first kappa shape index (κ1) is 26.5. The fourth-order valence-electron chi connectivity index (χ4n) is 1.57. The Balaban J connectivity index is 6.10. The molecule has 1 unspecified atom stereocenters. The van der Waals surface area contributed by atoms with E-state index in [1.807, 2.05) is 0 Å². The number of esters is 1. The molecule has 0 saturated heterocycles. The zero-order chi connectivity index (χ0) is 22.9. The molecule has 0 heterocycles. The maximum atomic E-state index is 12.6. The van der Waals surface area contributed by atoms with Crippen LogP contribution in [0, 0.1) is 0 Å². The van der Waals surface area contributed by atoms with Crippen molar-refractivity contribution in [2.45, 2.75) is 47.6 Å². The standard InChI is InChI=1S/C11H11F9O6S2/c1-3-6(26-8(21)5(2)9(12,13)14)4-7(27(22,23)10(15,16)17)28(24,25)11(18,19)20/h6-7H,2-4H2,1H3. The van der Waals surface area contributed by atoms with Crippen LogP contribution >= 0.6 is 0 Å². The maximum Gasteiger partial charge on any atom is 0.498 e. The molecule has 6 nitrogen and oxygen atoms in total. The molecule has 0 aromatic rings. The molecule has 0 aliphatic carbocycles. The molecular formula is C11H11F9O6S2. The summed E-state index contributed by atoms with van der Waals surface area (Å²) in [5, 5.41) is 0. The molecule has 0 rings (SSSR count). The van der Waals surface area contributed by atoms with E-state index in [1.165, 1.54) is 0 Å². The highest BCUT2D eigenvalue weighted by atomic mass is 32.3. The van der Waals surface area contributed by atoms with Gasteiger partial charge in [-0.1, -0.05) is 13.5 Å². The van der Waals surface area contributed by atoms with E-state index in [0.29, 0.717) is 0 Å². The first-order valence-electron chi connectivity index (χ1n) is 6.68. The van der Waals surface area contributed by atoms with Gasteiger partial charge in [-0.15, -0.1) is 0 Å². The van der Waals surface area contributed by atoms with Crippen molar-refractivity contribution < 1.29 is 65.9 Å². The van der Waals surface area contributed by atoms with Crippen molar-refractivity contribution in [1.82, 2.24) is 0 Å². The largest absolute Gasteiger partial charge is 0.498 e. The predicted molar refractivity (Wildman–Crippen MR) is 73.7 cm³/mol. The maximum absolute atomic E-state index is 12.6. The third-order valence-corrected chi connectivity index (χ3v) is 7.69. The Bertz CT molecular complexity index is 761. The Morgan fingerprint density at radius 1 is 0.893 bits per heavy atom. The number of sulfone groups is 2. The van der Waals surface area contributed by atoms with Crippen LogP contribution in [-0.4, -0.2) is 50.7 Å². The van der Waals surface area contributed by atoms with Crippen molar-refractivity contribution >= 4 is 25.6 Å². The first-order chi connectivity index (χ1) is 12.1. The number of ether oxygens (including phenoxy) is 1. The Labute approximate surface area is 152 Å². The van der Waals surface area contributed by atoms with Crippen LogP contribution in [0.2, 0.25) is 0 Å². The molecule has 0 spiro atoms. The Hall–Kier alpha value is -1.52. The SMILES string of the molecule is C=C(C(=O)OC(CC)CC(S(=O)(=O)C(F)(F)F)S(=O)(=O)C(F)(F)F)C(F)(F)F. The molecule has 17 heteroatoms. The summed E-state index contributed by atoms with van der Waals surface area (Å²) in [6, 6.07) is 0. The van der Waals surface area contributed by atoms with Crippen LogP contribution in [0.5, 0.6) is 0 Å². The lowest BCUT2D eigenvalue weighted by molar-refractivity contribution is -0.155. The van der Waals surface area contributed by atoms with Crippen LogP contribution in [-0.2, 0) is 29.2 Å². The van der Waals surface area contributed by atoms with Crippen molar-refractivity contribution in [1.29, 1.82) is 0 Å². The monoisotopic (exact) mass is 474 g/mol. The molecule has 0 aromatic carbocycles. The number of carbonyl (C=O) groups excluding carboxylic acids is 1. The van der Waals surface area contributed by atoms with E-state index in [1.54, 1.807) is 0 Å². The Morgan fingerprint density at radius 2 is 1.25 bits per heavy atom. The Morgan fingerprint density at radius 3 is 1.50 bits per heavy atom. The van der Waals surface area contributed by atoms with E-state index >= 15 is 0 Å². The third kappa shape index (κ3) is 5.74. The van der Waals surface area contributed by atoms with Gasteiger partial charge in [-0.2, -0.15) is 39.5 Å². The Kier molecular flexibility index (Phi) is 7.64. The number of hydrogen-bond donors (Lipinski definition) is 0. The van der Waals surface area contributed by atoms with Crippen LogP contribution in [0.1, 0.15) is 19.8 Å². The van der Waals surface area contributed by atoms with E-state index < -0.39 is 71.9 Å². The summed E-state index contributed by atoms with van der Waals surface area (Å²) in [6.07, 6.45) is -10.7. The van der Waals surface area contributed by atoms with Gasteiger partial charge in [-0.3, -0.25) is 0 Å². The molecule has 0 aromatic heterocycles. The average molecular weight is 474 g/mol. The molecule has 0 radical (unpaired) electrons. The molecule has 0 aliphatic heterocycles. The van der Waals surface area contributed by atoms with Gasteiger partial charge in [0.25, 0.3) is 19.7 Å². The average Bonchev–Trinajstić information content (AvgIpc) is 2.46. The zero-order valence-corrected chi connectivity index (χ0v) is 15.1. The summed E-state index contributed by atoms with van der Waals surface area (Å²) < 4.78 is 158. The fraction of sp³-hybridized carbons (Fsp3) is 0.727. The molecule has 0 fully saturated rings. The number of rotatable bonds is 7. The highest BCUT2D eigenvalue weighted by molar-refractivity contribution is 8.09. The minimum atomic E-state index is -7.01. The van der Waals surface area contributed by atoms with Gasteiger partial charge in [0.05, 0.1) is 0 Å². The van der Waals surface area contributed by atoms with Gasteiger partial charge in [0.1, 0.15) is 11.7 Å². The van der Waals surface area contributed by atoms with Crippen LogP contribution < -0.4 is 0 Å². The highest BCUT2D eigenvalue weighted by Crippen LogP contribution is 2.39. The van der Waals surface area contributed by atoms with Gasteiger partial charge < -0.3 is 4.74 Å². The first-order valence-corrected chi connectivity index (χ1v) is 9.77.